The fourth-order valence-electron chi connectivity index (χ4n) is 2.79. The van der Waals surface area contributed by atoms with Gasteiger partial charge in [0.15, 0.2) is 5.96 Å². The molecule has 0 bridgehead atoms. The van der Waals surface area contributed by atoms with E-state index in [4.69, 9.17) is 4.74 Å². The number of nitrogens with one attached hydrogen (secondary N) is 3. The molecule has 2 rings (SSSR count). The molecule has 1 saturated carbocycles. The van der Waals surface area contributed by atoms with Crippen LogP contribution in [0, 0.1) is 0 Å². The summed E-state index contributed by atoms with van der Waals surface area (Å²) >= 11 is 0. The first-order chi connectivity index (χ1) is 11.7. The SMILES string of the molecule is CCNC(=NCCNC(=O)c1cccc(OC)c1)NC1CCCC1.I. The van der Waals surface area contributed by atoms with E-state index in [1.54, 1.807) is 25.3 Å². The van der Waals surface area contributed by atoms with Gasteiger partial charge in [0.2, 0.25) is 0 Å². The van der Waals surface area contributed by atoms with Crippen molar-refractivity contribution in [2.24, 2.45) is 4.99 Å². The van der Waals surface area contributed by atoms with E-state index in [0.29, 0.717) is 30.4 Å². The van der Waals surface area contributed by atoms with E-state index < -0.39 is 0 Å². The van der Waals surface area contributed by atoms with Crippen molar-refractivity contribution in [3.05, 3.63) is 29.8 Å². The first-order valence-corrected chi connectivity index (χ1v) is 8.70. The van der Waals surface area contributed by atoms with Crippen LogP contribution in [0.25, 0.3) is 0 Å². The summed E-state index contributed by atoms with van der Waals surface area (Å²) in [6, 6.07) is 7.64. The third-order valence-electron chi connectivity index (χ3n) is 4.04. The van der Waals surface area contributed by atoms with Crippen LogP contribution >= 0.6 is 24.0 Å². The molecule has 1 amide bonds. The number of amides is 1. The van der Waals surface area contributed by atoms with Crippen molar-refractivity contribution in [3.63, 3.8) is 0 Å². The standard InChI is InChI=1S/C18H28N4O2.HI/c1-3-19-18(22-15-8-4-5-9-15)21-12-11-20-17(23)14-7-6-10-16(13-14)24-2;/h6-7,10,13,15H,3-5,8-9,11-12H2,1-2H3,(H,20,23)(H2,19,21,22);1H. The topological polar surface area (TPSA) is 74.8 Å². The van der Waals surface area contributed by atoms with Gasteiger partial charge in [-0.25, -0.2) is 0 Å². The largest absolute Gasteiger partial charge is 0.497 e. The van der Waals surface area contributed by atoms with Crippen molar-refractivity contribution >= 4 is 35.8 Å². The van der Waals surface area contributed by atoms with Crippen molar-refractivity contribution in [1.82, 2.24) is 16.0 Å². The number of carbonyl (C=O) groups excluding carboxylic acids is 1. The van der Waals surface area contributed by atoms with Crippen LogP contribution in [0.3, 0.4) is 0 Å². The number of carbonyl (C=O) groups is 1. The number of rotatable bonds is 7. The van der Waals surface area contributed by atoms with Crippen LogP contribution < -0.4 is 20.7 Å². The second-order valence-electron chi connectivity index (χ2n) is 5.87. The van der Waals surface area contributed by atoms with Crippen molar-refractivity contribution in [1.29, 1.82) is 0 Å². The van der Waals surface area contributed by atoms with E-state index in [0.717, 1.165) is 12.5 Å². The molecule has 6 nitrogen and oxygen atoms in total. The Balaban J connectivity index is 0.00000312. The van der Waals surface area contributed by atoms with Gasteiger partial charge in [-0.3, -0.25) is 9.79 Å². The zero-order valence-corrected chi connectivity index (χ0v) is 17.3. The molecule has 0 atom stereocenters. The Labute approximate surface area is 167 Å². The molecule has 7 heteroatoms. The summed E-state index contributed by atoms with van der Waals surface area (Å²) in [6.07, 6.45) is 4.98. The summed E-state index contributed by atoms with van der Waals surface area (Å²) in [6.45, 7) is 3.92. The second kappa shape index (κ2) is 11.9. The van der Waals surface area contributed by atoms with Gasteiger partial charge in [-0.15, -0.1) is 24.0 Å². The molecule has 3 N–H and O–H groups in total. The van der Waals surface area contributed by atoms with E-state index in [-0.39, 0.29) is 29.9 Å². The molecule has 0 spiro atoms. The van der Waals surface area contributed by atoms with Crippen molar-refractivity contribution < 1.29 is 9.53 Å². The maximum absolute atomic E-state index is 12.1. The predicted octanol–water partition coefficient (Wildman–Crippen LogP) is 2.54. The molecular formula is C18H29IN4O2. The third kappa shape index (κ3) is 7.50. The van der Waals surface area contributed by atoms with Gasteiger partial charge in [0.25, 0.3) is 5.91 Å². The smallest absolute Gasteiger partial charge is 0.251 e. The molecule has 140 valence electrons. The lowest BCUT2D eigenvalue weighted by Gasteiger charge is -2.16. The van der Waals surface area contributed by atoms with Gasteiger partial charge >= 0.3 is 0 Å². The number of ether oxygens (including phenoxy) is 1. The molecule has 1 aliphatic carbocycles. The van der Waals surface area contributed by atoms with Crippen LogP contribution in [0.1, 0.15) is 43.0 Å². The van der Waals surface area contributed by atoms with E-state index in [9.17, 15) is 4.79 Å². The van der Waals surface area contributed by atoms with Gasteiger partial charge in [0, 0.05) is 24.7 Å². The molecule has 1 aromatic carbocycles. The van der Waals surface area contributed by atoms with Crippen molar-refractivity contribution in [2.75, 3.05) is 26.7 Å². The molecule has 1 aliphatic rings. The van der Waals surface area contributed by atoms with Gasteiger partial charge < -0.3 is 20.7 Å². The molecule has 0 aliphatic heterocycles. The normalized spacial score (nSPS) is 14.6. The Morgan fingerprint density at radius 1 is 1.28 bits per heavy atom. The number of methoxy groups -OCH3 is 1. The molecule has 0 unspecified atom stereocenters. The quantitative estimate of drug-likeness (QED) is 0.253. The number of nitrogens with zero attached hydrogens (tertiary/aromatic N) is 1. The van der Waals surface area contributed by atoms with Crippen LogP contribution in [-0.2, 0) is 0 Å². The minimum absolute atomic E-state index is 0. The Kier molecular flexibility index (Phi) is 10.3. The molecule has 0 heterocycles. The number of benzene rings is 1. The lowest BCUT2D eigenvalue weighted by molar-refractivity contribution is 0.0954. The van der Waals surface area contributed by atoms with Gasteiger partial charge in [-0.1, -0.05) is 18.9 Å². The average molecular weight is 460 g/mol. The number of guanidine groups is 1. The lowest BCUT2D eigenvalue weighted by atomic mass is 10.2. The summed E-state index contributed by atoms with van der Waals surface area (Å²) in [5, 5.41) is 9.60. The number of halogens is 1. The highest BCUT2D eigenvalue weighted by atomic mass is 127. The molecule has 0 radical (unpaired) electrons. The van der Waals surface area contributed by atoms with Crippen LogP contribution in [0.15, 0.2) is 29.3 Å². The first-order valence-electron chi connectivity index (χ1n) is 8.70. The Morgan fingerprint density at radius 2 is 2.04 bits per heavy atom. The first kappa shape index (κ1) is 21.5. The average Bonchev–Trinajstić information content (AvgIpc) is 3.11. The van der Waals surface area contributed by atoms with Gasteiger partial charge in [-0.05, 0) is 38.0 Å². The van der Waals surface area contributed by atoms with E-state index >= 15 is 0 Å². The zero-order valence-electron chi connectivity index (χ0n) is 15.0. The summed E-state index contributed by atoms with van der Waals surface area (Å²) < 4.78 is 5.13. The highest BCUT2D eigenvalue weighted by molar-refractivity contribution is 14.0. The summed E-state index contributed by atoms with van der Waals surface area (Å²) in [4.78, 5) is 16.6. The predicted molar refractivity (Wildman–Crippen MR) is 112 cm³/mol. The highest BCUT2D eigenvalue weighted by Gasteiger charge is 2.15. The van der Waals surface area contributed by atoms with E-state index in [2.05, 4.69) is 27.9 Å². The minimum atomic E-state index is -0.113. The van der Waals surface area contributed by atoms with E-state index in [1.807, 2.05) is 6.07 Å². The van der Waals surface area contributed by atoms with Gasteiger partial charge in [0.05, 0.1) is 13.7 Å². The molecule has 0 saturated heterocycles. The highest BCUT2D eigenvalue weighted by Crippen LogP contribution is 2.17. The fraction of sp³-hybridized carbons (Fsp3) is 0.556. The number of hydrogen-bond donors (Lipinski definition) is 3. The monoisotopic (exact) mass is 460 g/mol. The fourth-order valence-corrected chi connectivity index (χ4v) is 2.79. The summed E-state index contributed by atoms with van der Waals surface area (Å²) in [7, 11) is 1.59. The maximum Gasteiger partial charge on any atom is 0.251 e. The Bertz CT molecular complexity index is 560. The molecule has 25 heavy (non-hydrogen) atoms. The zero-order chi connectivity index (χ0) is 17.2. The van der Waals surface area contributed by atoms with Gasteiger partial charge in [-0.2, -0.15) is 0 Å². The van der Waals surface area contributed by atoms with Crippen LogP contribution in [0.2, 0.25) is 0 Å². The third-order valence-corrected chi connectivity index (χ3v) is 4.04. The lowest BCUT2D eigenvalue weighted by Crippen LogP contribution is -2.42. The number of aliphatic imine (C=N–C) groups is 1. The second-order valence-corrected chi connectivity index (χ2v) is 5.87. The Morgan fingerprint density at radius 3 is 2.72 bits per heavy atom. The molecule has 0 aromatic heterocycles. The van der Waals surface area contributed by atoms with Crippen LogP contribution in [0.5, 0.6) is 5.75 Å². The van der Waals surface area contributed by atoms with Gasteiger partial charge in [0.1, 0.15) is 5.75 Å². The summed E-state index contributed by atoms with van der Waals surface area (Å²) in [5.41, 5.74) is 0.592. The van der Waals surface area contributed by atoms with Crippen molar-refractivity contribution in [2.45, 2.75) is 38.6 Å². The maximum atomic E-state index is 12.1. The van der Waals surface area contributed by atoms with Crippen molar-refractivity contribution in [3.8, 4) is 5.75 Å². The summed E-state index contributed by atoms with van der Waals surface area (Å²) in [5.74, 6) is 1.40. The van der Waals surface area contributed by atoms with E-state index in [1.165, 1.54) is 25.7 Å². The Hall–Kier alpha value is -1.51. The molecular weight excluding hydrogens is 431 g/mol. The molecule has 1 aromatic rings. The number of hydrogen-bond acceptors (Lipinski definition) is 3. The van der Waals surface area contributed by atoms with Crippen LogP contribution in [-0.4, -0.2) is 44.7 Å². The molecule has 1 fully saturated rings. The minimum Gasteiger partial charge on any atom is -0.497 e. The van der Waals surface area contributed by atoms with Crippen LogP contribution in [0.4, 0.5) is 0 Å².